The summed E-state index contributed by atoms with van der Waals surface area (Å²) in [7, 11) is 0. The number of carbonyl (C=O) groups is 2. The number of hydrogen-bond acceptors (Lipinski definition) is 5. The third-order valence-electron chi connectivity index (χ3n) is 11.8. The molecular formula is C52H99NO5. The average Bonchev–Trinajstić information content (AvgIpc) is 3.22. The number of aliphatic hydroxyl groups excluding tert-OH is 2. The molecule has 2 unspecified atom stereocenters. The molecule has 0 radical (unpaired) electrons. The highest BCUT2D eigenvalue weighted by molar-refractivity contribution is 5.76. The van der Waals surface area contributed by atoms with Gasteiger partial charge in [0.1, 0.15) is 0 Å². The van der Waals surface area contributed by atoms with Gasteiger partial charge < -0.3 is 20.3 Å². The van der Waals surface area contributed by atoms with E-state index in [0.717, 1.165) is 64.2 Å². The number of rotatable bonds is 47. The van der Waals surface area contributed by atoms with Crippen molar-refractivity contribution in [2.75, 3.05) is 13.2 Å². The van der Waals surface area contributed by atoms with E-state index in [9.17, 15) is 19.8 Å². The summed E-state index contributed by atoms with van der Waals surface area (Å²) in [6.45, 7) is 4.87. The highest BCUT2D eigenvalue weighted by Gasteiger charge is 2.20. The number of ether oxygens (including phenoxy) is 1. The first kappa shape index (κ1) is 56.3. The minimum absolute atomic E-state index is 0.0323. The molecule has 0 heterocycles. The van der Waals surface area contributed by atoms with Crippen molar-refractivity contribution in [1.82, 2.24) is 5.32 Å². The minimum Gasteiger partial charge on any atom is -0.466 e. The molecule has 6 heteroatoms. The largest absolute Gasteiger partial charge is 0.466 e. The Morgan fingerprint density at radius 3 is 1.33 bits per heavy atom. The molecule has 0 saturated carbocycles. The lowest BCUT2D eigenvalue weighted by atomic mass is 10.0. The second kappa shape index (κ2) is 48.0. The van der Waals surface area contributed by atoms with Crippen molar-refractivity contribution < 1.29 is 24.5 Å². The Kier molecular flexibility index (Phi) is 46.6. The van der Waals surface area contributed by atoms with E-state index in [1.165, 1.54) is 173 Å². The molecule has 58 heavy (non-hydrogen) atoms. The number of nitrogens with one attached hydrogen (secondary N) is 1. The summed E-state index contributed by atoms with van der Waals surface area (Å²) in [5.74, 6) is -0.0954. The van der Waals surface area contributed by atoms with Crippen LogP contribution in [0.1, 0.15) is 271 Å². The van der Waals surface area contributed by atoms with Gasteiger partial charge in [-0.15, -0.1) is 0 Å². The molecule has 6 nitrogen and oxygen atoms in total. The van der Waals surface area contributed by atoms with Crippen LogP contribution in [0.25, 0.3) is 0 Å². The van der Waals surface area contributed by atoms with Gasteiger partial charge in [0, 0.05) is 12.8 Å². The first-order chi connectivity index (χ1) is 28.5. The molecule has 0 aliphatic heterocycles. The lowest BCUT2D eigenvalue weighted by molar-refractivity contribution is -0.143. The van der Waals surface area contributed by atoms with E-state index >= 15 is 0 Å². The summed E-state index contributed by atoms with van der Waals surface area (Å²) in [5.41, 5.74) is 0. The molecule has 342 valence electrons. The lowest BCUT2D eigenvalue weighted by Crippen LogP contribution is -2.45. The molecule has 0 aromatic rings. The maximum absolute atomic E-state index is 12.4. The Labute approximate surface area is 361 Å². The SMILES string of the molecule is CCCCCC/C=C\C/C=C\CCCCCCCCCC(=O)OCCCCCCCCCCCC(=O)NC(CO)C(O)CCCCCCCCCCCCCCCC. The fourth-order valence-electron chi connectivity index (χ4n) is 7.79. The van der Waals surface area contributed by atoms with E-state index in [-0.39, 0.29) is 18.5 Å². The second-order valence-electron chi connectivity index (χ2n) is 17.5. The molecule has 0 rings (SSSR count). The van der Waals surface area contributed by atoms with Crippen molar-refractivity contribution in [3.05, 3.63) is 24.3 Å². The molecule has 1 amide bonds. The van der Waals surface area contributed by atoms with Crippen molar-refractivity contribution in [3.8, 4) is 0 Å². The number of allylic oxidation sites excluding steroid dienone is 4. The zero-order valence-corrected chi connectivity index (χ0v) is 38.8. The van der Waals surface area contributed by atoms with Gasteiger partial charge in [0.2, 0.25) is 5.91 Å². The van der Waals surface area contributed by atoms with Crippen LogP contribution in [-0.4, -0.2) is 47.4 Å². The van der Waals surface area contributed by atoms with E-state index in [2.05, 4.69) is 43.5 Å². The number of unbranched alkanes of at least 4 members (excludes halogenated alkanes) is 32. The third-order valence-corrected chi connectivity index (χ3v) is 11.8. The highest BCUT2D eigenvalue weighted by atomic mass is 16.5. The molecule has 0 bridgehead atoms. The Morgan fingerprint density at radius 2 is 0.862 bits per heavy atom. The fourth-order valence-corrected chi connectivity index (χ4v) is 7.79. The fraction of sp³-hybridized carbons (Fsp3) is 0.885. The van der Waals surface area contributed by atoms with Crippen LogP contribution in [0.5, 0.6) is 0 Å². The quantitative estimate of drug-likeness (QED) is 0.0323. The van der Waals surface area contributed by atoms with Crippen LogP contribution in [0.15, 0.2) is 24.3 Å². The number of amides is 1. The molecule has 3 N–H and O–H groups in total. The van der Waals surface area contributed by atoms with Crippen LogP contribution in [0.2, 0.25) is 0 Å². The van der Waals surface area contributed by atoms with Crippen molar-refractivity contribution in [1.29, 1.82) is 0 Å². The van der Waals surface area contributed by atoms with Crippen molar-refractivity contribution in [2.24, 2.45) is 0 Å². The zero-order valence-electron chi connectivity index (χ0n) is 38.8. The van der Waals surface area contributed by atoms with E-state index in [1.807, 2.05) is 0 Å². The van der Waals surface area contributed by atoms with Crippen molar-refractivity contribution in [2.45, 2.75) is 283 Å². The van der Waals surface area contributed by atoms with Gasteiger partial charge in [0.25, 0.3) is 0 Å². The van der Waals surface area contributed by atoms with Gasteiger partial charge in [0.05, 0.1) is 25.4 Å². The Hall–Kier alpha value is -1.66. The van der Waals surface area contributed by atoms with Gasteiger partial charge in [0.15, 0.2) is 0 Å². The number of esters is 1. The molecule has 0 saturated heterocycles. The predicted octanol–water partition coefficient (Wildman–Crippen LogP) is 15.1. The maximum Gasteiger partial charge on any atom is 0.305 e. The third kappa shape index (κ3) is 43.9. The van der Waals surface area contributed by atoms with Crippen molar-refractivity contribution in [3.63, 3.8) is 0 Å². The summed E-state index contributed by atoms with van der Waals surface area (Å²) in [4.78, 5) is 24.5. The summed E-state index contributed by atoms with van der Waals surface area (Å²) < 4.78 is 5.45. The summed E-state index contributed by atoms with van der Waals surface area (Å²) in [6.07, 6.45) is 55.7. The van der Waals surface area contributed by atoms with Crippen LogP contribution >= 0.6 is 0 Å². The summed E-state index contributed by atoms with van der Waals surface area (Å²) in [6, 6.07) is -0.561. The van der Waals surface area contributed by atoms with Crippen LogP contribution in [0.4, 0.5) is 0 Å². The Balaban J connectivity index is 3.49. The molecule has 2 atom stereocenters. The van der Waals surface area contributed by atoms with Crippen LogP contribution in [0, 0.1) is 0 Å². The average molecular weight is 818 g/mol. The molecule has 0 aliphatic rings. The first-order valence-corrected chi connectivity index (χ1v) is 25.6. The van der Waals surface area contributed by atoms with Crippen LogP contribution in [-0.2, 0) is 14.3 Å². The smallest absolute Gasteiger partial charge is 0.305 e. The Bertz CT molecular complexity index is 904. The van der Waals surface area contributed by atoms with Gasteiger partial charge in [-0.05, 0) is 57.8 Å². The molecule has 0 aromatic heterocycles. The molecule has 0 aromatic carbocycles. The van der Waals surface area contributed by atoms with E-state index < -0.39 is 12.1 Å². The van der Waals surface area contributed by atoms with E-state index in [4.69, 9.17) is 4.74 Å². The summed E-state index contributed by atoms with van der Waals surface area (Å²) in [5, 5.41) is 23.2. The number of hydrogen-bond donors (Lipinski definition) is 3. The van der Waals surface area contributed by atoms with Crippen molar-refractivity contribution >= 4 is 11.9 Å². The van der Waals surface area contributed by atoms with Crippen LogP contribution < -0.4 is 5.32 Å². The normalized spacial score (nSPS) is 12.8. The number of carbonyl (C=O) groups excluding carboxylic acids is 2. The van der Waals surface area contributed by atoms with Gasteiger partial charge in [-0.1, -0.05) is 224 Å². The second-order valence-corrected chi connectivity index (χ2v) is 17.5. The minimum atomic E-state index is -0.681. The van der Waals surface area contributed by atoms with Gasteiger partial charge in [-0.25, -0.2) is 0 Å². The highest BCUT2D eigenvalue weighted by Crippen LogP contribution is 2.16. The van der Waals surface area contributed by atoms with Gasteiger partial charge >= 0.3 is 5.97 Å². The van der Waals surface area contributed by atoms with Gasteiger partial charge in [-0.3, -0.25) is 9.59 Å². The van der Waals surface area contributed by atoms with Crippen LogP contribution in [0.3, 0.4) is 0 Å². The maximum atomic E-state index is 12.4. The van der Waals surface area contributed by atoms with Gasteiger partial charge in [-0.2, -0.15) is 0 Å². The lowest BCUT2D eigenvalue weighted by Gasteiger charge is -2.22. The Morgan fingerprint density at radius 1 is 0.483 bits per heavy atom. The predicted molar refractivity (Wildman–Crippen MR) is 250 cm³/mol. The molecule has 0 spiro atoms. The van der Waals surface area contributed by atoms with E-state index in [1.54, 1.807) is 0 Å². The number of aliphatic hydroxyl groups is 2. The molecule has 0 aliphatic carbocycles. The zero-order chi connectivity index (χ0) is 42.3. The molecule has 0 fully saturated rings. The monoisotopic (exact) mass is 818 g/mol. The standard InChI is InChI=1S/C52H99NO5/c1-3-5-7-9-11-13-15-17-19-20-21-22-24-26-30-34-38-42-46-52(57)58-47-43-39-35-31-27-29-33-37-41-45-51(56)53-49(48-54)50(55)44-40-36-32-28-25-23-18-16-14-12-10-8-6-4-2/h13,15,19-20,49-50,54-55H,3-12,14,16-18,21-48H2,1-2H3,(H,53,56)/b15-13-,20-19-. The topological polar surface area (TPSA) is 95.9 Å². The first-order valence-electron chi connectivity index (χ1n) is 25.6. The van der Waals surface area contributed by atoms with E-state index in [0.29, 0.717) is 25.9 Å². The molecular weight excluding hydrogens is 719 g/mol. The summed E-state index contributed by atoms with van der Waals surface area (Å²) >= 11 is 0.